The normalized spacial score (nSPS) is 18.7. The lowest BCUT2D eigenvalue weighted by molar-refractivity contribution is 0.122. The average Bonchev–Trinajstić information content (AvgIpc) is 2.70. The number of benzene rings is 1. The fourth-order valence-electron chi connectivity index (χ4n) is 3.63. The van der Waals surface area contributed by atoms with Crippen LogP contribution in [0.25, 0.3) is 0 Å². The monoisotopic (exact) mass is 406 g/mol. The van der Waals surface area contributed by atoms with Crippen LogP contribution in [0, 0.1) is 0 Å². The molecule has 1 aromatic carbocycles. The quantitative estimate of drug-likeness (QED) is 0.774. The minimum absolute atomic E-state index is 0.676. The lowest BCUT2D eigenvalue weighted by atomic mass is 10.2. The molecule has 0 radical (unpaired) electrons. The lowest BCUT2D eigenvalue weighted by Gasteiger charge is -2.36. The highest BCUT2D eigenvalue weighted by molar-refractivity contribution is 6.36. The fraction of sp³-hybridized carbons (Fsp3) is 0.450. The molecule has 2 fully saturated rings. The first kappa shape index (κ1) is 18.8. The summed E-state index contributed by atoms with van der Waals surface area (Å²) in [7, 11) is 0. The largest absolute Gasteiger partial charge is 0.378 e. The van der Waals surface area contributed by atoms with Crippen molar-refractivity contribution >= 4 is 34.7 Å². The van der Waals surface area contributed by atoms with Crippen LogP contribution in [0.4, 0.5) is 11.5 Å². The van der Waals surface area contributed by atoms with Crippen molar-refractivity contribution in [3.05, 3.63) is 52.1 Å². The topological polar surface area (TPSA) is 31.8 Å². The second-order valence-electron chi connectivity index (χ2n) is 6.98. The molecular weight excluding hydrogens is 383 g/mol. The highest BCUT2D eigenvalue weighted by Crippen LogP contribution is 2.29. The lowest BCUT2D eigenvalue weighted by Crippen LogP contribution is -2.46. The summed E-state index contributed by atoms with van der Waals surface area (Å²) < 4.78 is 5.40. The summed E-state index contributed by atoms with van der Waals surface area (Å²) in [5.41, 5.74) is 2.32. The molecule has 27 heavy (non-hydrogen) atoms. The van der Waals surface area contributed by atoms with E-state index in [1.165, 1.54) is 5.56 Å². The summed E-state index contributed by atoms with van der Waals surface area (Å²) in [5, 5.41) is 1.40. The van der Waals surface area contributed by atoms with Crippen LogP contribution in [0.5, 0.6) is 0 Å². The predicted molar refractivity (Wildman–Crippen MR) is 111 cm³/mol. The van der Waals surface area contributed by atoms with Crippen LogP contribution in [-0.2, 0) is 11.3 Å². The van der Waals surface area contributed by atoms with Crippen molar-refractivity contribution in [3.8, 4) is 0 Å². The zero-order valence-electron chi connectivity index (χ0n) is 15.3. The number of hydrogen-bond donors (Lipinski definition) is 0. The molecule has 0 saturated carbocycles. The molecule has 2 aromatic rings. The maximum atomic E-state index is 6.35. The zero-order chi connectivity index (χ0) is 18.6. The maximum absolute atomic E-state index is 6.35. The van der Waals surface area contributed by atoms with Crippen molar-refractivity contribution < 1.29 is 4.74 Å². The van der Waals surface area contributed by atoms with Gasteiger partial charge in [-0.2, -0.15) is 0 Å². The Morgan fingerprint density at radius 1 is 0.889 bits per heavy atom. The standard InChI is InChI=1S/C20H24Cl2N4O/c21-17-2-3-19(18(22)13-17)25-7-5-24(6-8-25)15-16-1-4-20(23-14-16)26-9-11-27-12-10-26/h1-4,13-14H,5-12,15H2. The number of rotatable bonds is 4. The number of piperazine rings is 1. The first-order valence-electron chi connectivity index (χ1n) is 9.39. The van der Waals surface area contributed by atoms with Gasteiger partial charge in [0.2, 0.25) is 0 Å². The van der Waals surface area contributed by atoms with Crippen LogP contribution in [0.1, 0.15) is 5.56 Å². The second kappa shape index (κ2) is 8.65. The van der Waals surface area contributed by atoms with E-state index in [9.17, 15) is 0 Å². The van der Waals surface area contributed by atoms with Crippen LogP contribution in [0.15, 0.2) is 36.5 Å². The van der Waals surface area contributed by atoms with Gasteiger partial charge in [-0.1, -0.05) is 29.3 Å². The summed E-state index contributed by atoms with van der Waals surface area (Å²) in [6, 6.07) is 10.0. The molecule has 0 amide bonds. The number of hydrogen-bond acceptors (Lipinski definition) is 5. The summed E-state index contributed by atoms with van der Waals surface area (Å²) in [6.45, 7) is 8.26. The average molecular weight is 407 g/mol. The number of aromatic nitrogens is 1. The highest BCUT2D eigenvalue weighted by atomic mass is 35.5. The van der Waals surface area contributed by atoms with E-state index in [1.807, 2.05) is 24.4 Å². The third-order valence-electron chi connectivity index (χ3n) is 5.17. The molecule has 3 heterocycles. The molecule has 144 valence electrons. The van der Waals surface area contributed by atoms with E-state index < -0.39 is 0 Å². The summed E-state index contributed by atoms with van der Waals surface area (Å²) in [6.07, 6.45) is 2.01. The molecule has 2 saturated heterocycles. The van der Waals surface area contributed by atoms with Crippen LogP contribution in [0.2, 0.25) is 10.0 Å². The Labute approximate surface area is 170 Å². The molecule has 0 unspecified atom stereocenters. The molecule has 1 aromatic heterocycles. The van der Waals surface area contributed by atoms with Gasteiger partial charge in [0.05, 0.1) is 23.9 Å². The van der Waals surface area contributed by atoms with Crippen molar-refractivity contribution in [1.82, 2.24) is 9.88 Å². The number of anilines is 2. The van der Waals surface area contributed by atoms with Crippen LogP contribution >= 0.6 is 23.2 Å². The highest BCUT2D eigenvalue weighted by Gasteiger charge is 2.19. The van der Waals surface area contributed by atoms with E-state index in [-0.39, 0.29) is 0 Å². The van der Waals surface area contributed by atoms with Crippen LogP contribution in [0.3, 0.4) is 0 Å². The molecule has 4 rings (SSSR count). The summed E-state index contributed by atoms with van der Waals surface area (Å²) in [4.78, 5) is 11.7. The van der Waals surface area contributed by atoms with Crippen molar-refractivity contribution in [2.45, 2.75) is 6.54 Å². The van der Waals surface area contributed by atoms with Gasteiger partial charge in [-0.05, 0) is 29.8 Å². The van der Waals surface area contributed by atoms with Gasteiger partial charge in [-0.15, -0.1) is 0 Å². The first-order valence-corrected chi connectivity index (χ1v) is 10.1. The van der Waals surface area contributed by atoms with Crippen LogP contribution in [-0.4, -0.2) is 62.4 Å². The van der Waals surface area contributed by atoms with Gasteiger partial charge in [0.1, 0.15) is 5.82 Å². The maximum Gasteiger partial charge on any atom is 0.128 e. The Morgan fingerprint density at radius 2 is 1.67 bits per heavy atom. The second-order valence-corrected chi connectivity index (χ2v) is 7.83. The van der Waals surface area contributed by atoms with Crippen molar-refractivity contribution in [3.63, 3.8) is 0 Å². The predicted octanol–water partition coefficient (Wildman–Crippen LogP) is 3.55. The Morgan fingerprint density at radius 3 is 2.33 bits per heavy atom. The van der Waals surface area contributed by atoms with Gasteiger partial charge in [-0.25, -0.2) is 4.98 Å². The Balaban J connectivity index is 1.31. The van der Waals surface area contributed by atoms with Crippen molar-refractivity contribution in [1.29, 1.82) is 0 Å². The molecule has 2 aliphatic rings. The van der Waals surface area contributed by atoms with E-state index in [4.69, 9.17) is 27.9 Å². The fourth-order valence-corrected chi connectivity index (χ4v) is 4.16. The molecule has 7 heteroatoms. The molecule has 0 bridgehead atoms. The van der Waals surface area contributed by atoms with Crippen molar-refractivity contribution in [2.75, 3.05) is 62.3 Å². The van der Waals surface area contributed by atoms with E-state index in [0.29, 0.717) is 5.02 Å². The van der Waals surface area contributed by atoms with Gasteiger partial charge in [-0.3, -0.25) is 4.90 Å². The minimum Gasteiger partial charge on any atom is -0.378 e. The van der Waals surface area contributed by atoms with Gasteiger partial charge in [0, 0.05) is 57.0 Å². The van der Waals surface area contributed by atoms with E-state index >= 15 is 0 Å². The third kappa shape index (κ3) is 4.66. The van der Waals surface area contributed by atoms with Crippen molar-refractivity contribution in [2.24, 2.45) is 0 Å². The van der Waals surface area contributed by atoms with E-state index in [0.717, 1.165) is 75.6 Å². The number of pyridine rings is 1. The Bertz CT molecular complexity index is 757. The third-order valence-corrected chi connectivity index (χ3v) is 5.71. The molecule has 5 nitrogen and oxygen atoms in total. The Kier molecular flexibility index (Phi) is 6.03. The molecule has 0 N–H and O–H groups in total. The molecule has 0 spiro atoms. The van der Waals surface area contributed by atoms with Gasteiger partial charge < -0.3 is 14.5 Å². The zero-order valence-corrected chi connectivity index (χ0v) is 16.8. The van der Waals surface area contributed by atoms with E-state index in [1.54, 1.807) is 0 Å². The van der Waals surface area contributed by atoms with Crippen LogP contribution < -0.4 is 9.80 Å². The van der Waals surface area contributed by atoms with Gasteiger partial charge in [0.15, 0.2) is 0 Å². The number of morpholine rings is 1. The first-order chi connectivity index (χ1) is 13.2. The summed E-state index contributed by atoms with van der Waals surface area (Å²) in [5.74, 6) is 1.05. The van der Waals surface area contributed by atoms with Gasteiger partial charge in [0.25, 0.3) is 0 Å². The summed E-state index contributed by atoms with van der Waals surface area (Å²) >= 11 is 12.4. The number of halogens is 2. The minimum atomic E-state index is 0.676. The number of nitrogens with zero attached hydrogens (tertiary/aromatic N) is 4. The molecular formula is C20H24Cl2N4O. The molecule has 0 aliphatic carbocycles. The van der Waals surface area contributed by atoms with E-state index in [2.05, 4.69) is 31.8 Å². The molecule has 0 atom stereocenters. The smallest absolute Gasteiger partial charge is 0.128 e. The molecule has 2 aliphatic heterocycles. The SMILES string of the molecule is Clc1ccc(N2CCN(Cc3ccc(N4CCOCC4)nc3)CC2)c(Cl)c1. The Hall–Kier alpha value is -1.53. The number of ether oxygens (including phenoxy) is 1. The van der Waals surface area contributed by atoms with Gasteiger partial charge >= 0.3 is 0 Å².